The Kier molecular flexibility index (Phi) is 4.08. The zero-order valence-corrected chi connectivity index (χ0v) is 13.9. The molecule has 2 N–H and O–H groups in total. The summed E-state index contributed by atoms with van der Waals surface area (Å²) >= 11 is 0. The summed E-state index contributed by atoms with van der Waals surface area (Å²) in [5.41, 5.74) is 1.06. The van der Waals surface area contributed by atoms with Gasteiger partial charge in [0.05, 0.1) is 5.41 Å². The molecule has 1 amide bonds. The van der Waals surface area contributed by atoms with Gasteiger partial charge in [0.25, 0.3) is 0 Å². The maximum Gasteiger partial charge on any atom is 0.226 e. The van der Waals surface area contributed by atoms with E-state index in [2.05, 4.69) is 44.8 Å². The first-order valence-corrected chi connectivity index (χ1v) is 8.93. The number of aromatic amines is 1. The number of rotatable bonds is 6. The average Bonchev–Trinajstić information content (AvgIpc) is 3.33. The van der Waals surface area contributed by atoms with Gasteiger partial charge in [-0.15, -0.1) is 0 Å². The van der Waals surface area contributed by atoms with Gasteiger partial charge in [0, 0.05) is 13.0 Å². The van der Waals surface area contributed by atoms with E-state index in [4.69, 9.17) is 0 Å². The second-order valence-electron chi connectivity index (χ2n) is 7.34. The minimum absolute atomic E-state index is 0.217. The largest absolute Gasteiger partial charge is 0.355 e. The third-order valence-corrected chi connectivity index (χ3v) is 5.90. The molecular weight excluding hydrogens is 300 g/mol. The summed E-state index contributed by atoms with van der Waals surface area (Å²) in [6.45, 7) is 0.613. The zero-order chi connectivity index (χ0) is 16.4. The molecule has 1 aromatic carbocycles. The minimum atomic E-state index is -0.217. The monoisotopic (exact) mass is 324 g/mol. The molecule has 2 saturated carbocycles. The van der Waals surface area contributed by atoms with E-state index in [1.807, 2.05) is 6.07 Å². The van der Waals surface area contributed by atoms with Gasteiger partial charge in [-0.1, -0.05) is 36.8 Å². The molecule has 1 heterocycles. The standard InChI is InChI=1S/C19H24N4O/c24-18(20-9-8-17-21-13-22-23-17)19(11-14-4-2-1-3-5-14)12-15-6-7-16(19)10-15/h1-5,13,15-16H,6-12H2,(H,20,24)(H,21,22,23)/t15-,16-,19-/m0/s1. The Morgan fingerprint density at radius 3 is 2.83 bits per heavy atom. The highest BCUT2D eigenvalue weighted by molar-refractivity contribution is 5.84. The van der Waals surface area contributed by atoms with Crippen LogP contribution in [0.25, 0.3) is 0 Å². The van der Waals surface area contributed by atoms with Crippen molar-refractivity contribution in [2.24, 2.45) is 17.3 Å². The molecule has 2 fully saturated rings. The molecule has 4 rings (SSSR count). The van der Waals surface area contributed by atoms with E-state index in [1.54, 1.807) is 0 Å². The number of nitrogens with zero attached hydrogens (tertiary/aromatic N) is 2. The molecule has 1 aromatic heterocycles. The van der Waals surface area contributed by atoms with Crippen LogP contribution in [0.1, 0.15) is 37.1 Å². The molecule has 0 saturated heterocycles. The highest BCUT2D eigenvalue weighted by Gasteiger charge is 2.55. The summed E-state index contributed by atoms with van der Waals surface area (Å²) in [7, 11) is 0. The van der Waals surface area contributed by atoms with Gasteiger partial charge >= 0.3 is 0 Å². The number of hydrogen-bond acceptors (Lipinski definition) is 3. The Hall–Kier alpha value is -2.17. The quantitative estimate of drug-likeness (QED) is 0.858. The predicted molar refractivity (Wildman–Crippen MR) is 91.1 cm³/mol. The van der Waals surface area contributed by atoms with E-state index in [0.29, 0.717) is 18.9 Å². The summed E-state index contributed by atoms with van der Waals surface area (Å²) < 4.78 is 0. The third-order valence-electron chi connectivity index (χ3n) is 5.90. The van der Waals surface area contributed by atoms with Crippen LogP contribution in [-0.4, -0.2) is 27.6 Å². The van der Waals surface area contributed by atoms with Crippen LogP contribution in [0.2, 0.25) is 0 Å². The number of amides is 1. The van der Waals surface area contributed by atoms with Crippen LogP contribution in [0.4, 0.5) is 0 Å². The average molecular weight is 324 g/mol. The van der Waals surface area contributed by atoms with E-state index in [-0.39, 0.29) is 11.3 Å². The van der Waals surface area contributed by atoms with Gasteiger partial charge in [0.2, 0.25) is 5.91 Å². The minimum Gasteiger partial charge on any atom is -0.355 e. The van der Waals surface area contributed by atoms with Gasteiger partial charge < -0.3 is 5.32 Å². The van der Waals surface area contributed by atoms with Gasteiger partial charge in [-0.05, 0) is 43.1 Å². The molecule has 24 heavy (non-hydrogen) atoms. The number of aromatic nitrogens is 3. The van der Waals surface area contributed by atoms with Crippen LogP contribution in [0, 0.1) is 17.3 Å². The molecule has 0 spiro atoms. The van der Waals surface area contributed by atoms with Crippen molar-refractivity contribution in [2.45, 2.75) is 38.5 Å². The van der Waals surface area contributed by atoms with Gasteiger partial charge in [-0.3, -0.25) is 9.89 Å². The molecule has 0 radical (unpaired) electrons. The van der Waals surface area contributed by atoms with Crippen molar-refractivity contribution in [1.82, 2.24) is 20.5 Å². The van der Waals surface area contributed by atoms with E-state index >= 15 is 0 Å². The molecule has 2 bridgehead atoms. The second kappa shape index (κ2) is 6.38. The Balaban J connectivity index is 1.47. The van der Waals surface area contributed by atoms with Gasteiger partial charge in [0.1, 0.15) is 12.2 Å². The Labute approximate surface area is 142 Å². The van der Waals surface area contributed by atoms with Crippen LogP contribution in [0.15, 0.2) is 36.7 Å². The van der Waals surface area contributed by atoms with Crippen molar-refractivity contribution in [3.8, 4) is 0 Å². The fourth-order valence-electron chi connectivity index (χ4n) is 4.80. The number of carbonyl (C=O) groups is 1. The maximum absolute atomic E-state index is 13.1. The van der Waals surface area contributed by atoms with Gasteiger partial charge in [-0.2, -0.15) is 5.10 Å². The van der Waals surface area contributed by atoms with Crippen molar-refractivity contribution < 1.29 is 4.79 Å². The lowest BCUT2D eigenvalue weighted by atomic mass is 9.68. The van der Waals surface area contributed by atoms with E-state index in [0.717, 1.165) is 24.6 Å². The fraction of sp³-hybridized carbons (Fsp3) is 0.526. The van der Waals surface area contributed by atoms with Crippen LogP contribution < -0.4 is 5.32 Å². The van der Waals surface area contributed by atoms with Crippen molar-refractivity contribution in [3.63, 3.8) is 0 Å². The third kappa shape index (κ3) is 2.83. The zero-order valence-electron chi connectivity index (χ0n) is 13.9. The molecule has 126 valence electrons. The lowest BCUT2D eigenvalue weighted by molar-refractivity contribution is -0.134. The van der Waals surface area contributed by atoms with Gasteiger partial charge in [0.15, 0.2) is 0 Å². The number of H-pyrrole nitrogens is 1. The number of nitrogens with one attached hydrogen (secondary N) is 2. The highest BCUT2D eigenvalue weighted by atomic mass is 16.2. The first-order chi connectivity index (χ1) is 11.8. The lowest BCUT2D eigenvalue weighted by Crippen LogP contribution is -2.46. The van der Waals surface area contributed by atoms with Crippen LogP contribution >= 0.6 is 0 Å². The molecule has 5 nitrogen and oxygen atoms in total. The Morgan fingerprint density at radius 1 is 1.29 bits per heavy atom. The highest BCUT2D eigenvalue weighted by Crippen LogP contribution is 2.57. The smallest absolute Gasteiger partial charge is 0.226 e. The Morgan fingerprint density at radius 2 is 2.17 bits per heavy atom. The van der Waals surface area contributed by atoms with Crippen LogP contribution in [0.3, 0.4) is 0 Å². The normalized spacial score (nSPS) is 28.2. The molecule has 0 unspecified atom stereocenters. The summed E-state index contributed by atoms with van der Waals surface area (Å²) in [6.07, 6.45) is 7.83. The van der Waals surface area contributed by atoms with Gasteiger partial charge in [-0.25, -0.2) is 4.98 Å². The second-order valence-corrected chi connectivity index (χ2v) is 7.34. The summed E-state index contributed by atoms with van der Waals surface area (Å²) in [5, 5.41) is 9.88. The fourth-order valence-corrected chi connectivity index (χ4v) is 4.80. The van der Waals surface area contributed by atoms with E-state index < -0.39 is 0 Å². The molecule has 0 aliphatic heterocycles. The molecular formula is C19H24N4O. The topological polar surface area (TPSA) is 70.7 Å². The van der Waals surface area contributed by atoms with Crippen LogP contribution in [0.5, 0.6) is 0 Å². The lowest BCUT2D eigenvalue weighted by Gasteiger charge is -2.36. The predicted octanol–water partition coefficient (Wildman–Crippen LogP) is 2.51. The Bertz CT molecular complexity index is 685. The summed E-state index contributed by atoms with van der Waals surface area (Å²) in [6, 6.07) is 10.5. The molecule has 3 atom stereocenters. The maximum atomic E-state index is 13.1. The summed E-state index contributed by atoms with van der Waals surface area (Å²) in [4.78, 5) is 17.2. The first-order valence-electron chi connectivity index (χ1n) is 8.93. The van der Waals surface area contributed by atoms with Crippen LogP contribution in [-0.2, 0) is 17.6 Å². The van der Waals surface area contributed by atoms with Crippen molar-refractivity contribution in [1.29, 1.82) is 0 Å². The number of benzene rings is 1. The SMILES string of the molecule is O=C(NCCc1ncn[nH]1)[C@@]1(Cc2ccccc2)C[C@H]2CC[C@H]1C2. The van der Waals surface area contributed by atoms with Crippen molar-refractivity contribution in [3.05, 3.63) is 48.0 Å². The van der Waals surface area contributed by atoms with Crippen molar-refractivity contribution in [2.75, 3.05) is 6.54 Å². The van der Waals surface area contributed by atoms with E-state index in [9.17, 15) is 4.79 Å². The molecule has 2 aromatic rings. The first kappa shape index (κ1) is 15.4. The number of hydrogen-bond donors (Lipinski definition) is 2. The molecule has 2 aliphatic carbocycles. The molecule has 5 heteroatoms. The number of carbonyl (C=O) groups excluding carboxylic acids is 1. The number of fused-ring (bicyclic) bond motifs is 2. The van der Waals surface area contributed by atoms with E-state index in [1.165, 1.54) is 31.2 Å². The van der Waals surface area contributed by atoms with Crippen molar-refractivity contribution >= 4 is 5.91 Å². The summed E-state index contributed by atoms with van der Waals surface area (Å²) in [5.74, 6) is 2.32. The molecule has 2 aliphatic rings.